The third-order valence-corrected chi connectivity index (χ3v) is 5.51. The second-order valence-electron chi connectivity index (χ2n) is 7.59. The first kappa shape index (κ1) is 23.1. The largest absolute Gasteiger partial charge is 0.495 e. The number of furan rings is 1. The minimum absolute atomic E-state index is 0.00430. The highest BCUT2D eigenvalue weighted by atomic mass is 35.5. The van der Waals surface area contributed by atoms with Gasteiger partial charge >= 0.3 is 0 Å². The van der Waals surface area contributed by atoms with Crippen molar-refractivity contribution >= 4 is 40.9 Å². The number of hydrogen-bond acceptors (Lipinski definition) is 6. The zero-order chi connectivity index (χ0) is 24.4. The molecule has 0 radical (unpaired) electrons. The Balaban J connectivity index is 1.45. The number of amides is 4. The fourth-order valence-electron chi connectivity index (χ4n) is 3.60. The van der Waals surface area contributed by atoms with E-state index in [2.05, 4.69) is 5.32 Å². The van der Waals surface area contributed by atoms with Gasteiger partial charge in [0.1, 0.15) is 11.5 Å². The van der Waals surface area contributed by atoms with Crippen LogP contribution in [0.1, 0.15) is 36.8 Å². The molecule has 1 aromatic heterocycles. The van der Waals surface area contributed by atoms with Crippen LogP contribution in [0.3, 0.4) is 0 Å². The molecule has 3 aromatic rings. The molecule has 1 aliphatic rings. The van der Waals surface area contributed by atoms with Gasteiger partial charge in [0.25, 0.3) is 17.7 Å². The lowest BCUT2D eigenvalue weighted by molar-refractivity contribution is -0.116. The number of halogens is 1. The fraction of sp³-hybridized carbons (Fsp3) is 0.167. The summed E-state index contributed by atoms with van der Waals surface area (Å²) in [5.74, 6) is -1.03. The van der Waals surface area contributed by atoms with Crippen LogP contribution >= 0.6 is 11.6 Å². The van der Waals surface area contributed by atoms with Gasteiger partial charge in [-0.15, -0.1) is 0 Å². The maximum atomic E-state index is 12.9. The molecule has 174 valence electrons. The molecule has 0 saturated carbocycles. The minimum Gasteiger partial charge on any atom is -0.495 e. The molecule has 0 saturated heterocycles. The fourth-order valence-corrected chi connectivity index (χ4v) is 3.77. The first-order valence-electron chi connectivity index (χ1n) is 10.2. The standard InChI is InChI=1S/C24H20ClN3O6/c1-27(13-21(29)26-19-11-15(25)6-8-20(19)33-2)22(30)14-5-7-17-18(10-14)24(32)28(23(17)31)12-16-4-3-9-34-16/h3-11H,12-13H2,1-2H3,(H,26,29). The summed E-state index contributed by atoms with van der Waals surface area (Å²) in [6.45, 7) is -0.265. The Hall–Kier alpha value is -4.11. The zero-order valence-electron chi connectivity index (χ0n) is 18.3. The maximum Gasteiger partial charge on any atom is 0.261 e. The lowest BCUT2D eigenvalue weighted by atomic mass is 10.0. The highest BCUT2D eigenvalue weighted by molar-refractivity contribution is 6.31. The van der Waals surface area contributed by atoms with E-state index in [9.17, 15) is 19.2 Å². The zero-order valence-corrected chi connectivity index (χ0v) is 19.1. The summed E-state index contributed by atoms with van der Waals surface area (Å²) in [6, 6.07) is 12.4. The molecule has 2 heterocycles. The Bertz CT molecular complexity index is 1290. The summed E-state index contributed by atoms with van der Waals surface area (Å²) in [5, 5.41) is 3.08. The van der Waals surface area contributed by atoms with Crippen molar-refractivity contribution in [3.8, 4) is 5.75 Å². The number of benzene rings is 2. The van der Waals surface area contributed by atoms with Gasteiger partial charge in [-0.25, -0.2) is 0 Å². The molecule has 1 N–H and O–H groups in total. The van der Waals surface area contributed by atoms with Crippen LogP contribution in [0.15, 0.2) is 59.2 Å². The highest BCUT2D eigenvalue weighted by Crippen LogP contribution is 2.28. The molecule has 34 heavy (non-hydrogen) atoms. The van der Waals surface area contributed by atoms with E-state index in [-0.39, 0.29) is 29.8 Å². The van der Waals surface area contributed by atoms with E-state index < -0.39 is 23.6 Å². The monoisotopic (exact) mass is 481 g/mol. The molecule has 0 fully saturated rings. The van der Waals surface area contributed by atoms with Crippen LogP contribution in [-0.2, 0) is 11.3 Å². The Kier molecular flexibility index (Phi) is 6.38. The number of hydrogen-bond donors (Lipinski definition) is 1. The third-order valence-electron chi connectivity index (χ3n) is 5.27. The molecular formula is C24H20ClN3O6. The van der Waals surface area contributed by atoms with Gasteiger partial charge in [-0.2, -0.15) is 0 Å². The summed E-state index contributed by atoms with van der Waals surface area (Å²) < 4.78 is 10.4. The summed E-state index contributed by atoms with van der Waals surface area (Å²) in [6.07, 6.45) is 1.46. The molecule has 4 rings (SSSR count). The van der Waals surface area contributed by atoms with E-state index in [1.165, 1.54) is 49.6 Å². The Morgan fingerprint density at radius 2 is 1.85 bits per heavy atom. The normalized spacial score (nSPS) is 12.5. The third kappa shape index (κ3) is 4.51. The highest BCUT2D eigenvalue weighted by Gasteiger charge is 2.36. The van der Waals surface area contributed by atoms with Crippen molar-refractivity contribution < 1.29 is 28.3 Å². The summed E-state index contributed by atoms with van der Waals surface area (Å²) >= 11 is 5.98. The number of ether oxygens (including phenoxy) is 1. The van der Waals surface area contributed by atoms with Crippen molar-refractivity contribution in [1.29, 1.82) is 0 Å². The number of imide groups is 1. The quantitative estimate of drug-likeness (QED) is 0.518. The van der Waals surface area contributed by atoms with Crippen LogP contribution in [0.25, 0.3) is 0 Å². The number of fused-ring (bicyclic) bond motifs is 1. The summed E-state index contributed by atoms with van der Waals surface area (Å²) in [5.41, 5.74) is 0.889. The summed E-state index contributed by atoms with van der Waals surface area (Å²) in [4.78, 5) is 53.1. The average molecular weight is 482 g/mol. The van der Waals surface area contributed by atoms with Gasteiger partial charge in [-0.3, -0.25) is 24.1 Å². The van der Waals surface area contributed by atoms with Crippen LogP contribution in [0.4, 0.5) is 5.69 Å². The molecule has 10 heteroatoms. The van der Waals surface area contributed by atoms with E-state index in [0.717, 1.165) is 4.90 Å². The van der Waals surface area contributed by atoms with Gasteiger partial charge < -0.3 is 19.4 Å². The molecule has 0 unspecified atom stereocenters. The van der Waals surface area contributed by atoms with E-state index in [1.807, 2.05) is 0 Å². The molecule has 2 aromatic carbocycles. The maximum absolute atomic E-state index is 12.9. The Morgan fingerprint density at radius 1 is 1.09 bits per heavy atom. The van der Waals surface area contributed by atoms with Gasteiger partial charge in [-0.1, -0.05) is 11.6 Å². The number of carbonyl (C=O) groups is 4. The van der Waals surface area contributed by atoms with E-state index in [0.29, 0.717) is 22.2 Å². The van der Waals surface area contributed by atoms with Crippen molar-refractivity contribution in [2.24, 2.45) is 0 Å². The molecule has 0 aliphatic carbocycles. The van der Waals surface area contributed by atoms with Crippen molar-refractivity contribution in [3.63, 3.8) is 0 Å². The molecular weight excluding hydrogens is 462 g/mol. The van der Waals surface area contributed by atoms with Crippen LogP contribution in [0, 0.1) is 0 Å². The number of nitrogens with zero attached hydrogens (tertiary/aromatic N) is 2. The van der Waals surface area contributed by atoms with Crippen LogP contribution in [0.5, 0.6) is 5.75 Å². The molecule has 0 atom stereocenters. The second-order valence-corrected chi connectivity index (χ2v) is 8.03. The first-order valence-corrected chi connectivity index (χ1v) is 10.6. The molecule has 1 aliphatic heterocycles. The molecule has 0 spiro atoms. The molecule has 9 nitrogen and oxygen atoms in total. The topological polar surface area (TPSA) is 109 Å². The van der Waals surface area contributed by atoms with Crippen molar-refractivity contribution in [3.05, 3.63) is 82.3 Å². The lowest BCUT2D eigenvalue weighted by Crippen LogP contribution is -2.35. The van der Waals surface area contributed by atoms with Crippen LogP contribution in [0.2, 0.25) is 5.02 Å². The van der Waals surface area contributed by atoms with Gasteiger partial charge in [0, 0.05) is 17.6 Å². The SMILES string of the molecule is COc1ccc(Cl)cc1NC(=O)CN(C)C(=O)c1ccc2c(c1)C(=O)N(Cc1ccco1)C2=O. The number of rotatable bonds is 7. The Morgan fingerprint density at radius 3 is 2.56 bits per heavy atom. The number of carbonyl (C=O) groups excluding carboxylic acids is 4. The molecule has 0 bridgehead atoms. The lowest BCUT2D eigenvalue weighted by Gasteiger charge is -2.18. The number of methoxy groups -OCH3 is 1. The van der Waals surface area contributed by atoms with Gasteiger partial charge in [0.15, 0.2) is 0 Å². The van der Waals surface area contributed by atoms with Gasteiger partial charge in [0.2, 0.25) is 5.91 Å². The number of likely N-dealkylation sites (N-methyl/N-ethyl adjacent to an activating group) is 1. The van der Waals surface area contributed by atoms with Gasteiger partial charge in [0.05, 0.1) is 43.3 Å². The molecule has 4 amide bonds. The smallest absolute Gasteiger partial charge is 0.261 e. The summed E-state index contributed by atoms with van der Waals surface area (Å²) in [7, 11) is 2.92. The van der Waals surface area contributed by atoms with Crippen LogP contribution in [-0.4, -0.2) is 54.1 Å². The number of nitrogens with one attached hydrogen (secondary N) is 1. The average Bonchev–Trinajstić information content (AvgIpc) is 3.41. The minimum atomic E-state index is -0.514. The second kappa shape index (κ2) is 9.40. The van der Waals surface area contributed by atoms with Crippen LogP contribution < -0.4 is 10.1 Å². The van der Waals surface area contributed by atoms with E-state index in [1.54, 1.807) is 24.3 Å². The Labute approximate surface area is 199 Å². The van der Waals surface area contributed by atoms with Crippen molar-refractivity contribution in [1.82, 2.24) is 9.80 Å². The van der Waals surface area contributed by atoms with Crippen molar-refractivity contribution in [2.75, 3.05) is 26.0 Å². The first-order chi connectivity index (χ1) is 16.3. The van der Waals surface area contributed by atoms with Gasteiger partial charge in [-0.05, 0) is 48.5 Å². The van der Waals surface area contributed by atoms with E-state index >= 15 is 0 Å². The predicted octanol–water partition coefficient (Wildman–Crippen LogP) is 3.45. The predicted molar refractivity (Wildman–Crippen MR) is 123 cm³/mol. The van der Waals surface area contributed by atoms with E-state index in [4.69, 9.17) is 20.8 Å². The number of anilines is 1. The van der Waals surface area contributed by atoms with Crippen molar-refractivity contribution in [2.45, 2.75) is 6.54 Å².